The molecular weight excluding hydrogens is 302 g/mol. The number of rotatable bonds is 4. The Morgan fingerprint density at radius 1 is 1.12 bits per heavy atom. The molecule has 1 heterocycles. The molecule has 24 heavy (non-hydrogen) atoms. The van der Waals surface area contributed by atoms with Gasteiger partial charge in [-0.1, -0.05) is 36.4 Å². The van der Waals surface area contributed by atoms with Crippen molar-refractivity contribution in [2.75, 3.05) is 0 Å². The van der Waals surface area contributed by atoms with Crippen molar-refractivity contribution in [3.63, 3.8) is 0 Å². The molecular formula is C20H17NO3. The molecule has 0 amide bonds. The van der Waals surface area contributed by atoms with Crippen molar-refractivity contribution in [3.05, 3.63) is 88.4 Å². The van der Waals surface area contributed by atoms with Crippen LogP contribution < -0.4 is 10.3 Å². The number of carbonyl (C=O) groups is 1. The van der Waals surface area contributed by atoms with Gasteiger partial charge in [-0.3, -0.25) is 4.79 Å². The van der Waals surface area contributed by atoms with Gasteiger partial charge >= 0.3 is 5.97 Å². The molecule has 4 heteroatoms. The van der Waals surface area contributed by atoms with Crippen molar-refractivity contribution in [1.82, 2.24) is 4.98 Å². The number of benzene rings is 2. The summed E-state index contributed by atoms with van der Waals surface area (Å²) in [5, 5.41) is 1.60. The predicted octanol–water partition coefficient (Wildman–Crippen LogP) is 3.60. The fourth-order valence-electron chi connectivity index (χ4n) is 2.64. The standard InChI is InChI=1S/C20H17NO3/c1-2-6-19(22)24-16-8-5-7-14(12-16)11-15-13-21-20(23)18-10-4-3-9-17(15)18/h2-10,12-13H,11H2,1H3,(H,21,23)/b6-2+. The molecule has 0 aliphatic rings. The first kappa shape index (κ1) is 15.7. The normalized spacial score (nSPS) is 11.0. The van der Waals surface area contributed by atoms with Crippen LogP contribution in [0.5, 0.6) is 5.75 Å². The molecule has 0 saturated carbocycles. The molecule has 0 saturated heterocycles. The van der Waals surface area contributed by atoms with Gasteiger partial charge in [-0.15, -0.1) is 0 Å². The number of H-pyrrole nitrogens is 1. The van der Waals surface area contributed by atoms with Crippen LogP contribution in [0.3, 0.4) is 0 Å². The Labute approximate surface area is 139 Å². The van der Waals surface area contributed by atoms with Gasteiger partial charge in [-0.05, 0) is 48.1 Å². The minimum absolute atomic E-state index is 0.0941. The zero-order chi connectivity index (χ0) is 16.9. The highest BCUT2D eigenvalue weighted by molar-refractivity contribution is 5.85. The van der Waals surface area contributed by atoms with Crippen LogP contribution in [0.1, 0.15) is 18.1 Å². The maximum absolute atomic E-state index is 11.9. The molecule has 0 bridgehead atoms. The van der Waals surface area contributed by atoms with E-state index in [1.54, 1.807) is 25.3 Å². The smallest absolute Gasteiger partial charge is 0.335 e. The first-order valence-electron chi connectivity index (χ1n) is 7.70. The van der Waals surface area contributed by atoms with Crippen LogP contribution >= 0.6 is 0 Å². The summed E-state index contributed by atoms with van der Waals surface area (Å²) in [6.45, 7) is 1.76. The number of nitrogens with one attached hydrogen (secondary N) is 1. The summed E-state index contributed by atoms with van der Waals surface area (Å²) in [5.41, 5.74) is 1.92. The zero-order valence-electron chi connectivity index (χ0n) is 13.3. The Kier molecular flexibility index (Phi) is 4.57. The van der Waals surface area contributed by atoms with E-state index >= 15 is 0 Å². The highest BCUT2D eigenvalue weighted by Crippen LogP contribution is 2.20. The van der Waals surface area contributed by atoms with Crippen LogP contribution in [0.15, 0.2) is 71.7 Å². The van der Waals surface area contributed by atoms with Crippen LogP contribution in [0, 0.1) is 0 Å². The lowest BCUT2D eigenvalue weighted by atomic mass is 10.0. The third-order valence-corrected chi connectivity index (χ3v) is 3.71. The minimum Gasteiger partial charge on any atom is -0.423 e. The number of ether oxygens (including phenoxy) is 1. The Morgan fingerprint density at radius 3 is 2.71 bits per heavy atom. The van der Waals surface area contributed by atoms with Gasteiger partial charge in [0, 0.05) is 17.7 Å². The molecule has 0 aliphatic carbocycles. The summed E-state index contributed by atoms with van der Waals surface area (Å²) in [4.78, 5) is 26.2. The van der Waals surface area contributed by atoms with E-state index < -0.39 is 5.97 Å². The van der Waals surface area contributed by atoms with E-state index in [4.69, 9.17) is 4.74 Å². The molecule has 4 nitrogen and oxygen atoms in total. The summed E-state index contributed by atoms with van der Waals surface area (Å²) in [6.07, 6.45) is 5.39. The lowest BCUT2D eigenvalue weighted by Gasteiger charge is -2.08. The van der Waals surface area contributed by atoms with Crippen molar-refractivity contribution in [3.8, 4) is 5.75 Å². The van der Waals surface area contributed by atoms with E-state index in [1.807, 2.05) is 42.5 Å². The molecule has 3 aromatic rings. The second-order valence-electron chi connectivity index (χ2n) is 5.43. The Balaban J connectivity index is 1.91. The third kappa shape index (κ3) is 3.43. The summed E-state index contributed by atoms with van der Waals surface area (Å²) >= 11 is 0. The lowest BCUT2D eigenvalue weighted by Crippen LogP contribution is -2.07. The summed E-state index contributed by atoms with van der Waals surface area (Å²) in [5.74, 6) is 0.105. The van der Waals surface area contributed by atoms with E-state index in [2.05, 4.69) is 4.98 Å². The SMILES string of the molecule is C/C=C/C(=O)Oc1cccc(Cc2c[nH]c(=O)c3ccccc23)c1. The molecule has 0 unspecified atom stereocenters. The number of fused-ring (bicyclic) bond motifs is 1. The number of hydrogen-bond donors (Lipinski definition) is 1. The van der Waals surface area contributed by atoms with E-state index in [-0.39, 0.29) is 5.56 Å². The minimum atomic E-state index is -0.399. The molecule has 0 spiro atoms. The monoisotopic (exact) mass is 319 g/mol. The Bertz CT molecular complexity index is 970. The van der Waals surface area contributed by atoms with Crippen molar-refractivity contribution >= 4 is 16.7 Å². The fraction of sp³-hybridized carbons (Fsp3) is 0.100. The number of aromatic nitrogens is 1. The Morgan fingerprint density at radius 2 is 1.92 bits per heavy atom. The van der Waals surface area contributed by atoms with Crippen molar-refractivity contribution in [2.24, 2.45) is 0 Å². The van der Waals surface area contributed by atoms with E-state index in [0.29, 0.717) is 17.6 Å². The van der Waals surface area contributed by atoms with Crippen LogP contribution in [0.25, 0.3) is 10.8 Å². The summed E-state index contributed by atoms with van der Waals surface area (Å²) in [6, 6.07) is 14.9. The highest BCUT2D eigenvalue weighted by Gasteiger charge is 2.07. The van der Waals surface area contributed by atoms with Gasteiger partial charge in [0.25, 0.3) is 5.56 Å². The number of allylic oxidation sites excluding steroid dienone is 1. The van der Waals surface area contributed by atoms with Gasteiger partial charge in [0.1, 0.15) is 5.75 Å². The fourth-order valence-corrected chi connectivity index (χ4v) is 2.64. The van der Waals surface area contributed by atoms with Crippen LogP contribution in [0.4, 0.5) is 0 Å². The quantitative estimate of drug-likeness (QED) is 0.454. The second-order valence-corrected chi connectivity index (χ2v) is 5.43. The number of pyridine rings is 1. The van der Waals surface area contributed by atoms with Gasteiger partial charge in [0.15, 0.2) is 0 Å². The van der Waals surface area contributed by atoms with Crippen LogP contribution in [-0.4, -0.2) is 11.0 Å². The largest absolute Gasteiger partial charge is 0.423 e. The predicted molar refractivity (Wildman–Crippen MR) is 94.3 cm³/mol. The summed E-state index contributed by atoms with van der Waals surface area (Å²) in [7, 11) is 0. The van der Waals surface area contributed by atoms with Crippen molar-refractivity contribution in [1.29, 1.82) is 0 Å². The van der Waals surface area contributed by atoms with Crippen molar-refractivity contribution < 1.29 is 9.53 Å². The molecule has 1 N–H and O–H groups in total. The molecule has 0 fully saturated rings. The van der Waals surface area contributed by atoms with Gasteiger partial charge < -0.3 is 9.72 Å². The van der Waals surface area contributed by atoms with Gasteiger partial charge in [0.05, 0.1) is 0 Å². The van der Waals surface area contributed by atoms with Crippen LogP contribution in [-0.2, 0) is 11.2 Å². The van der Waals surface area contributed by atoms with Crippen LogP contribution in [0.2, 0.25) is 0 Å². The topological polar surface area (TPSA) is 59.2 Å². The third-order valence-electron chi connectivity index (χ3n) is 3.71. The lowest BCUT2D eigenvalue weighted by molar-refractivity contribution is -0.129. The molecule has 1 aromatic heterocycles. The molecule has 120 valence electrons. The first-order chi connectivity index (χ1) is 11.7. The molecule has 2 aromatic carbocycles. The van der Waals surface area contributed by atoms with Gasteiger partial charge in [-0.2, -0.15) is 0 Å². The van der Waals surface area contributed by atoms with E-state index in [0.717, 1.165) is 16.5 Å². The average Bonchev–Trinajstić information content (AvgIpc) is 2.58. The molecule has 0 aliphatic heterocycles. The van der Waals surface area contributed by atoms with Gasteiger partial charge in [-0.25, -0.2) is 4.79 Å². The number of esters is 1. The maximum atomic E-state index is 11.9. The second kappa shape index (κ2) is 6.96. The Hall–Kier alpha value is -3.14. The van der Waals surface area contributed by atoms with Gasteiger partial charge in [0.2, 0.25) is 0 Å². The maximum Gasteiger partial charge on any atom is 0.335 e. The average molecular weight is 319 g/mol. The van der Waals surface area contributed by atoms with E-state index in [1.165, 1.54) is 6.08 Å². The number of aromatic amines is 1. The molecule has 0 radical (unpaired) electrons. The first-order valence-corrected chi connectivity index (χ1v) is 7.70. The zero-order valence-corrected chi connectivity index (χ0v) is 13.3. The summed E-state index contributed by atoms with van der Waals surface area (Å²) < 4.78 is 5.26. The van der Waals surface area contributed by atoms with E-state index in [9.17, 15) is 9.59 Å². The molecule has 0 atom stereocenters. The molecule has 3 rings (SSSR count). The highest BCUT2D eigenvalue weighted by atomic mass is 16.5. The number of carbonyl (C=O) groups excluding carboxylic acids is 1. The van der Waals surface area contributed by atoms with Crippen molar-refractivity contribution in [2.45, 2.75) is 13.3 Å². The number of hydrogen-bond acceptors (Lipinski definition) is 3.